The third-order valence-electron chi connectivity index (χ3n) is 4.50. The summed E-state index contributed by atoms with van der Waals surface area (Å²) < 4.78 is 26.6. The largest absolute Gasteiger partial charge is 0.344 e. The summed E-state index contributed by atoms with van der Waals surface area (Å²) in [4.78, 5) is 14.0. The van der Waals surface area contributed by atoms with Crippen LogP contribution in [0.25, 0.3) is 0 Å². The van der Waals surface area contributed by atoms with Crippen molar-refractivity contribution in [1.29, 1.82) is 0 Å². The summed E-state index contributed by atoms with van der Waals surface area (Å²) in [5, 5.41) is 5.13. The highest BCUT2D eigenvalue weighted by Crippen LogP contribution is 2.30. The fourth-order valence-corrected chi connectivity index (χ4v) is 4.78. The van der Waals surface area contributed by atoms with Crippen LogP contribution in [0.4, 0.5) is 0 Å². The summed E-state index contributed by atoms with van der Waals surface area (Å²) in [6.45, 7) is 7.89. The SMILES string of the molecule is C=CCNS(=O)(=O)c1ccc(C(=O)NC(c2cccs2)C(CC)CC)cc1. The third-order valence-corrected chi connectivity index (χ3v) is 6.90. The lowest BCUT2D eigenvalue weighted by molar-refractivity contribution is 0.0920. The molecule has 0 aliphatic carbocycles. The Labute approximate surface area is 165 Å². The average Bonchev–Trinajstić information content (AvgIpc) is 3.21. The zero-order chi connectivity index (χ0) is 19.9. The van der Waals surface area contributed by atoms with Gasteiger partial charge >= 0.3 is 0 Å². The summed E-state index contributed by atoms with van der Waals surface area (Å²) in [6, 6.07) is 9.93. The van der Waals surface area contributed by atoms with Crippen LogP contribution < -0.4 is 10.0 Å². The van der Waals surface area contributed by atoms with Crippen LogP contribution in [0, 0.1) is 5.92 Å². The molecule has 7 heteroatoms. The van der Waals surface area contributed by atoms with Crippen LogP contribution in [0.3, 0.4) is 0 Å². The van der Waals surface area contributed by atoms with Crippen molar-refractivity contribution >= 4 is 27.3 Å². The summed E-state index contributed by atoms with van der Waals surface area (Å²) in [5.41, 5.74) is 0.435. The Morgan fingerprint density at radius 3 is 2.37 bits per heavy atom. The fourth-order valence-electron chi connectivity index (χ4n) is 2.91. The van der Waals surface area contributed by atoms with Gasteiger partial charge in [-0.3, -0.25) is 4.79 Å². The molecule has 1 aromatic carbocycles. The maximum atomic E-state index is 12.7. The summed E-state index contributed by atoms with van der Waals surface area (Å²) in [6.07, 6.45) is 3.40. The predicted molar refractivity (Wildman–Crippen MR) is 110 cm³/mol. The number of hydrogen-bond donors (Lipinski definition) is 2. The first-order valence-electron chi connectivity index (χ1n) is 8.97. The van der Waals surface area contributed by atoms with Crippen molar-refractivity contribution in [3.63, 3.8) is 0 Å². The minimum atomic E-state index is -3.60. The fraction of sp³-hybridized carbons (Fsp3) is 0.350. The van der Waals surface area contributed by atoms with Gasteiger partial charge in [0.15, 0.2) is 0 Å². The highest BCUT2D eigenvalue weighted by Gasteiger charge is 2.24. The second-order valence-corrected chi connectivity index (χ2v) is 8.95. The molecule has 0 saturated heterocycles. The van der Waals surface area contributed by atoms with Gasteiger partial charge in [-0.05, 0) is 41.6 Å². The van der Waals surface area contributed by atoms with Crippen molar-refractivity contribution in [1.82, 2.24) is 10.0 Å². The molecule has 1 amide bonds. The van der Waals surface area contributed by atoms with Crippen LogP contribution in [0.15, 0.2) is 59.3 Å². The standard InChI is InChI=1S/C20H26N2O3S2/c1-4-13-21-27(24,25)17-11-9-16(10-12-17)20(23)22-19(15(5-2)6-3)18-8-7-14-26-18/h4,7-12,14-15,19,21H,1,5-6,13H2,2-3H3,(H,22,23). The van der Waals surface area contributed by atoms with Crippen LogP contribution in [0.2, 0.25) is 0 Å². The van der Waals surface area contributed by atoms with E-state index in [0.29, 0.717) is 11.5 Å². The monoisotopic (exact) mass is 406 g/mol. The van der Waals surface area contributed by atoms with Crippen LogP contribution in [-0.4, -0.2) is 20.9 Å². The Kier molecular flexibility index (Phi) is 7.77. The second kappa shape index (κ2) is 9.82. The van der Waals surface area contributed by atoms with Gasteiger partial charge in [0.2, 0.25) is 10.0 Å². The molecule has 0 saturated carbocycles. The van der Waals surface area contributed by atoms with Gasteiger partial charge < -0.3 is 5.32 Å². The van der Waals surface area contributed by atoms with Crippen molar-refractivity contribution in [3.05, 3.63) is 64.9 Å². The number of amides is 1. The number of nitrogens with one attached hydrogen (secondary N) is 2. The zero-order valence-electron chi connectivity index (χ0n) is 15.6. The highest BCUT2D eigenvalue weighted by molar-refractivity contribution is 7.89. The Balaban J connectivity index is 2.17. The molecule has 27 heavy (non-hydrogen) atoms. The van der Waals surface area contributed by atoms with Crippen molar-refractivity contribution < 1.29 is 13.2 Å². The van der Waals surface area contributed by atoms with E-state index in [1.807, 2.05) is 17.5 Å². The zero-order valence-corrected chi connectivity index (χ0v) is 17.3. The molecular weight excluding hydrogens is 380 g/mol. The molecule has 1 atom stereocenters. The molecule has 1 heterocycles. The molecule has 0 fully saturated rings. The van der Waals surface area contributed by atoms with E-state index in [4.69, 9.17) is 0 Å². The molecule has 0 bridgehead atoms. The second-order valence-electron chi connectivity index (χ2n) is 6.21. The summed E-state index contributed by atoms with van der Waals surface area (Å²) in [5.74, 6) is 0.138. The van der Waals surface area contributed by atoms with Gasteiger partial charge in [-0.15, -0.1) is 17.9 Å². The Bertz CT molecular complexity index is 840. The van der Waals surface area contributed by atoms with Gasteiger partial charge in [0.1, 0.15) is 0 Å². The first-order valence-corrected chi connectivity index (χ1v) is 11.3. The quantitative estimate of drug-likeness (QED) is 0.583. The molecule has 0 aliphatic heterocycles. The summed E-state index contributed by atoms with van der Waals surface area (Å²) >= 11 is 1.63. The molecule has 2 rings (SSSR count). The molecule has 146 valence electrons. The third kappa shape index (κ3) is 5.51. The Morgan fingerprint density at radius 2 is 1.85 bits per heavy atom. The molecule has 0 aliphatic rings. The molecular formula is C20H26N2O3S2. The first-order chi connectivity index (χ1) is 12.9. The van der Waals surface area contributed by atoms with E-state index in [1.165, 1.54) is 30.3 Å². The lowest BCUT2D eigenvalue weighted by Gasteiger charge is -2.25. The number of thiophene rings is 1. The smallest absolute Gasteiger partial charge is 0.251 e. The van der Waals surface area contributed by atoms with E-state index in [1.54, 1.807) is 11.3 Å². The van der Waals surface area contributed by atoms with E-state index >= 15 is 0 Å². The number of rotatable bonds is 10. The normalized spacial score (nSPS) is 12.7. The van der Waals surface area contributed by atoms with Crippen molar-refractivity contribution in [2.24, 2.45) is 5.92 Å². The maximum absolute atomic E-state index is 12.7. The topological polar surface area (TPSA) is 75.3 Å². The maximum Gasteiger partial charge on any atom is 0.251 e. The van der Waals surface area contributed by atoms with Gasteiger partial charge in [0, 0.05) is 17.0 Å². The highest BCUT2D eigenvalue weighted by atomic mass is 32.2. The molecule has 2 N–H and O–H groups in total. The number of benzene rings is 1. The van der Waals surface area contributed by atoms with E-state index in [9.17, 15) is 13.2 Å². The number of carbonyl (C=O) groups excluding carboxylic acids is 1. The van der Waals surface area contributed by atoms with Gasteiger partial charge in [0.25, 0.3) is 5.91 Å². The number of hydrogen-bond acceptors (Lipinski definition) is 4. The molecule has 0 spiro atoms. The van der Waals surface area contributed by atoms with Gasteiger partial charge in [-0.1, -0.05) is 38.8 Å². The lowest BCUT2D eigenvalue weighted by Crippen LogP contribution is -2.32. The number of carbonyl (C=O) groups is 1. The van der Waals surface area contributed by atoms with E-state index in [-0.39, 0.29) is 23.4 Å². The Morgan fingerprint density at radius 1 is 1.19 bits per heavy atom. The van der Waals surface area contributed by atoms with Crippen molar-refractivity contribution in [3.8, 4) is 0 Å². The van der Waals surface area contributed by atoms with Crippen LogP contribution in [-0.2, 0) is 10.0 Å². The van der Waals surface area contributed by atoms with Crippen LogP contribution in [0.1, 0.15) is 48.0 Å². The van der Waals surface area contributed by atoms with Gasteiger partial charge in [-0.25, -0.2) is 13.1 Å². The molecule has 1 aromatic heterocycles. The lowest BCUT2D eigenvalue weighted by atomic mass is 9.92. The van der Waals surface area contributed by atoms with Crippen molar-refractivity contribution in [2.45, 2.75) is 37.6 Å². The van der Waals surface area contributed by atoms with E-state index in [2.05, 4.69) is 30.5 Å². The van der Waals surface area contributed by atoms with Crippen LogP contribution in [0.5, 0.6) is 0 Å². The van der Waals surface area contributed by atoms with Gasteiger partial charge in [0.05, 0.1) is 10.9 Å². The summed E-state index contributed by atoms with van der Waals surface area (Å²) in [7, 11) is -3.60. The van der Waals surface area contributed by atoms with Gasteiger partial charge in [-0.2, -0.15) is 0 Å². The minimum absolute atomic E-state index is 0.0508. The minimum Gasteiger partial charge on any atom is -0.344 e. The number of sulfonamides is 1. The van der Waals surface area contributed by atoms with E-state index < -0.39 is 10.0 Å². The predicted octanol–water partition coefficient (Wildman–Crippen LogP) is 4.12. The molecule has 2 aromatic rings. The first kappa shape index (κ1) is 21.3. The Hall–Kier alpha value is -1.96. The average molecular weight is 407 g/mol. The molecule has 1 unspecified atom stereocenters. The molecule has 0 radical (unpaired) electrons. The molecule has 5 nitrogen and oxygen atoms in total. The van der Waals surface area contributed by atoms with E-state index in [0.717, 1.165) is 17.7 Å². The van der Waals surface area contributed by atoms with Crippen molar-refractivity contribution in [2.75, 3.05) is 6.54 Å². The van der Waals surface area contributed by atoms with Crippen LogP contribution >= 0.6 is 11.3 Å².